The molecule has 1 atom stereocenters. The summed E-state index contributed by atoms with van der Waals surface area (Å²) in [4.78, 5) is 34.9. The lowest BCUT2D eigenvalue weighted by molar-refractivity contribution is -0.108. The Bertz CT molecular complexity index is 1090. The van der Waals surface area contributed by atoms with Crippen molar-refractivity contribution in [3.05, 3.63) is 53.3 Å². The first-order chi connectivity index (χ1) is 14.4. The summed E-state index contributed by atoms with van der Waals surface area (Å²) in [6, 6.07) is 8.74. The van der Waals surface area contributed by atoms with Crippen molar-refractivity contribution in [1.29, 1.82) is 0 Å². The molecule has 1 aromatic carbocycles. The molecule has 30 heavy (non-hydrogen) atoms. The van der Waals surface area contributed by atoms with Gasteiger partial charge in [0.2, 0.25) is 0 Å². The van der Waals surface area contributed by atoms with Gasteiger partial charge in [-0.15, -0.1) is 0 Å². The molecule has 0 spiro atoms. The number of ether oxygens (including phenoxy) is 1. The van der Waals surface area contributed by atoms with Crippen LogP contribution in [-0.2, 0) is 4.79 Å². The van der Waals surface area contributed by atoms with E-state index in [2.05, 4.69) is 20.3 Å². The Hall–Kier alpha value is -3.76. The Morgan fingerprint density at radius 1 is 1.23 bits per heavy atom. The molecular weight excluding hydrogens is 410 g/mol. The first-order valence-corrected chi connectivity index (χ1v) is 9.07. The number of rotatable bonds is 8. The van der Waals surface area contributed by atoms with Crippen molar-refractivity contribution >= 4 is 35.4 Å². The predicted molar refractivity (Wildman–Crippen MR) is 112 cm³/mol. The summed E-state index contributed by atoms with van der Waals surface area (Å²) in [6.07, 6.45) is 2.17. The third kappa shape index (κ3) is 4.99. The summed E-state index contributed by atoms with van der Waals surface area (Å²) < 4.78 is 5.83. The molecule has 3 rings (SSSR count). The Morgan fingerprint density at radius 2 is 2.03 bits per heavy atom. The number of nitrogen functional groups attached to an aromatic ring is 1. The molecule has 1 amide bonds. The van der Waals surface area contributed by atoms with E-state index in [-0.39, 0.29) is 24.1 Å². The van der Waals surface area contributed by atoms with Crippen LogP contribution in [0.25, 0.3) is 11.1 Å². The maximum atomic E-state index is 11.7. The quantitative estimate of drug-likeness (QED) is 0.389. The summed E-state index contributed by atoms with van der Waals surface area (Å²) in [7, 11) is 0. The van der Waals surface area contributed by atoms with E-state index < -0.39 is 11.9 Å². The Labute approximate surface area is 176 Å². The lowest BCUT2D eigenvalue weighted by Crippen LogP contribution is -2.30. The number of aldehydes is 1. The number of pyridine rings is 1. The maximum absolute atomic E-state index is 11.7. The monoisotopic (exact) mass is 427 g/mol. The molecule has 154 valence electrons. The standard InChI is InChI=1S/C19H18ClN7O3/c20-11-1-2-15(13(6-11)10-3-4-24-16(22)5-10)30-19-26-14(18(23)29)7-17(27-19)25-12(8-21)9-28/h1-7,9,12H,8,21H2,(H2,22,24)(H2,23,29)(H,25,26,27)/t12-/m0/s1. The number of hydrogen-bond donors (Lipinski definition) is 4. The highest BCUT2D eigenvalue weighted by Gasteiger charge is 2.16. The zero-order chi connectivity index (χ0) is 21.7. The van der Waals surface area contributed by atoms with Crippen molar-refractivity contribution in [2.75, 3.05) is 17.6 Å². The predicted octanol–water partition coefficient (Wildman–Crippen LogP) is 1.60. The molecule has 0 saturated heterocycles. The van der Waals surface area contributed by atoms with Crippen LogP contribution in [0.4, 0.5) is 11.6 Å². The number of nitrogens with zero attached hydrogens (tertiary/aromatic N) is 3. The average Bonchev–Trinajstić information content (AvgIpc) is 2.73. The van der Waals surface area contributed by atoms with Crippen molar-refractivity contribution in [3.8, 4) is 22.9 Å². The van der Waals surface area contributed by atoms with Crippen LogP contribution < -0.4 is 27.3 Å². The SMILES string of the molecule is NC[C@@H](C=O)Nc1cc(C(N)=O)nc(Oc2ccc(Cl)cc2-c2ccnc(N)c2)n1. The van der Waals surface area contributed by atoms with Crippen molar-refractivity contribution < 1.29 is 14.3 Å². The van der Waals surface area contributed by atoms with Gasteiger partial charge in [0, 0.05) is 29.4 Å². The number of carbonyl (C=O) groups excluding carboxylic acids is 2. The minimum atomic E-state index is -0.793. The lowest BCUT2D eigenvalue weighted by atomic mass is 10.1. The van der Waals surface area contributed by atoms with E-state index in [1.807, 2.05) is 0 Å². The molecule has 3 aromatic rings. The van der Waals surface area contributed by atoms with Crippen molar-refractivity contribution in [3.63, 3.8) is 0 Å². The number of nitrogens with one attached hydrogen (secondary N) is 1. The van der Waals surface area contributed by atoms with Gasteiger partial charge in [0.05, 0.1) is 6.04 Å². The molecule has 0 aliphatic heterocycles. The van der Waals surface area contributed by atoms with Gasteiger partial charge in [0.25, 0.3) is 5.91 Å². The molecule has 0 saturated carbocycles. The number of hydrogen-bond acceptors (Lipinski definition) is 9. The van der Waals surface area contributed by atoms with E-state index >= 15 is 0 Å². The highest BCUT2D eigenvalue weighted by atomic mass is 35.5. The Balaban J connectivity index is 2.02. The summed E-state index contributed by atoms with van der Waals surface area (Å²) in [5.74, 6) is 0.0286. The van der Waals surface area contributed by atoms with Gasteiger partial charge in [-0.25, -0.2) is 4.98 Å². The van der Waals surface area contributed by atoms with Gasteiger partial charge in [-0.2, -0.15) is 9.97 Å². The van der Waals surface area contributed by atoms with Gasteiger partial charge in [-0.1, -0.05) is 11.6 Å². The number of anilines is 2. The third-order valence-electron chi connectivity index (χ3n) is 3.94. The normalized spacial score (nSPS) is 11.5. The van der Waals surface area contributed by atoms with Crippen molar-refractivity contribution in [2.45, 2.75) is 6.04 Å². The number of benzene rings is 1. The van der Waals surface area contributed by atoms with Gasteiger partial charge >= 0.3 is 6.01 Å². The summed E-state index contributed by atoms with van der Waals surface area (Å²) in [6.45, 7) is 0.0282. The Kier molecular flexibility index (Phi) is 6.40. The fraction of sp³-hybridized carbons (Fsp3) is 0.105. The second-order valence-electron chi connectivity index (χ2n) is 6.12. The van der Waals surface area contributed by atoms with Gasteiger partial charge in [-0.05, 0) is 35.9 Å². The number of amides is 1. The average molecular weight is 428 g/mol. The van der Waals surface area contributed by atoms with E-state index in [0.29, 0.717) is 34.0 Å². The maximum Gasteiger partial charge on any atom is 0.324 e. The molecule has 0 unspecified atom stereocenters. The van der Waals surface area contributed by atoms with E-state index in [0.717, 1.165) is 0 Å². The molecule has 7 N–H and O–H groups in total. The Morgan fingerprint density at radius 3 is 2.70 bits per heavy atom. The number of carbonyl (C=O) groups is 2. The minimum absolute atomic E-state index is 0.0282. The zero-order valence-corrected chi connectivity index (χ0v) is 16.3. The van der Waals surface area contributed by atoms with Crippen molar-refractivity contribution in [1.82, 2.24) is 15.0 Å². The molecule has 0 aliphatic carbocycles. The van der Waals surface area contributed by atoms with Gasteiger partial charge in [-0.3, -0.25) is 4.79 Å². The van der Waals surface area contributed by atoms with E-state index in [9.17, 15) is 9.59 Å². The van der Waals surface area contributed by atoms with E-state index in [4.69, 9.17) is 33.5 Å². The van der Waals surface area contributed by atoms with Crippen LogP contribution in [-0.4, -0.2) is 39.7 Å². The summed E-state index contributed by atoms with van der Waals surface area (Å²) in [5.41, 5.74) is 17.8. The topological polar surface area (TPSA) is 172 Å². The molecule has 0 aliphatic rings. The summed E-state index contributed by atoms with van der Waals surface area (Å²) >= 11 is 6.14. The van der Waals surface area contributed by atoms with Crippen LogP contribution in [0.2, 0.25) is 5.02 Å². The summed E-state index contributed by atoms with van der Waals surface area (Å²) in [5, 5.41) is 3.26. The largest absolute Gasteiger partial charge is 0.424 e. The van der Waals surface area contributed by atoms with Crippen LogP contribution >= 0.6 is 11.6 Å². The first kappa shape index (κ1) is 21.0. The second kappa shape index (κ2) is 9.16. The van der Waals surface area contributed by atoms with E-state index in [1.165, 1.54) is 6.07 Å². The second-order valence-corrected chi connectivity index (χ2v) is 6.56. The van der Waals surface area contributed by atoms with Gasteiger partial charge < -0.3 is 32.0 Å². The van der Waals surface area contributed by atoms with Crippen molar-refractivity contribution in [2.24, 2.45) is 11.5 Å². The van der Waals surface area contributed by atoms with Gasteiger partial charge in [0.15, 0.2) is 0 Å². The molecule has 11 heteroatoms. The van der Waals surface area contributed by atoms with Crippen LogP contribution in [0.15, 0.2) is 42.6 Å². The molecule has 0 bridgehead atoms. The number of nitrogens with two attached hydrogens (primary N) is 3. The third-order valence-corrected chi connectivity index (χ3v) is 4.18. The van der Waals surface area contributed by atoms with E-state index in [1.54, 1.807) is 36.5 Å². The molecule has 2 heterocycles. The molecule has 0 radical (unpaired) electrons. The molecule has 10 nitrogen and oxygen atoms in total. The highest BCUT2D eigenvalue weighted by molar-refractivity contribution is 6.31. The number of halogens is 1. The molecular formula is C19H18ClN7O3. The fourth-order valence-corrected chi connectivity index (χ4v) is 2.71. The van der Waals surface area contributed by atoms with Crippen LogP contribution in [0.3, 0.4) is 0 Å². The van der Waals surface area contributed by atoms with Gasteiger partial charge in [0.1, 0.15) is 29.4 Å². The molecule has 2 aromatic heterocycles. The minimum Gasteiger partial charge on any atom is -0.424 e. The highest BCUT2D eigenvalue weighted by Crippen LogP contribution is 2.35. The zero-order valence-electron chi connectivity index (χ0n) is 15.6. The van der Waals surface area contributed by atoms with Crippen LogP contribution in [0, 0.1) is 0 Å². The number of aromatic nitrogens is 3. The number of primary amides is 1. The lowest BCUT2D eigenvalue weighted by Gasteiger charge is -2.14. The smallest absolute Gasteiger partial charge is 0.324 e. The molecule has 0 fully saturated rings. The van der Waals surface area contributed by atoms with Crippen LogP contribution in [0.5, 0.6) is 11.8 Å². The van der Waals surface area contributed by atoms with Crippen LogP contribution in [0.1, 0.15) is 10.5 Å². The fourth-order valence-electron chi connectivity index (χ4n) is 2.54. The first-order valence-electron chi connectivity index (χ1n) is 8.69.